The van der Waals surface area contributed by atoms with Gasteiger partial charge in [0, 0.05) is 6.61 Å². The van der Waals surface area contributed by atoms with Crippen LogP contribution in [0.15, 0.2) is 0 Å². The maximum absolute atomic E-state index is 9.06. The quantitative estimate of drug-likeness (QED) is 0.736. The van der Waals surface area contributed by atoms with Crippen LogP contribution in [0.25, 0.3) is 0 Å². The van der Waals surface area contributed by atoms with E-state index in [2.05, 4.69) is 10.1 Å². The number of hydrogen-bond donors (Lipinski definition) is 1. The summed E-state index contributed by atoms with van der Waals surface area (Å²) in [5.41, 5.74) is 0. The number of hydrogen-bond acceptors (Lipinski definition) is 3. The molecule has 4 heteroatoms. The van der Waals surface area contributed by atoms with Crippen molar-refractivity contribution in [1.82, 2.24) is 5.32 Å². The molecule has 62 valence electrons. The Balaban J connectivity index is -0.000000107. The summed E-state index contributed by atoms with van der Waals surface area (Å²) in [5.74, 6) is 0. The minimum Gasteiger partial charge on any atom is -0.653 e. The number of nitrogens with one attached hydrogen (secondary N) is 1. The average Bonchev–Trinajstić information content (AvgIpc) is 1.91. The van der Waals surface area contributed by atoms with E-state index in [4.69, 9.17) is 4.79 Å². The summed E-state index contributed by atoms with van der Waals surface area (Å²) in [6.45, 7) is 7.47. The first kappa shape index (κ1) is 17.6. The third-order valence-electron chi connectivity index (χ3n) is 0.703. The van der Waals surface area contributed by atoms with E-state index >= 15 is 0 Å². The molecule has 3 nitrogen and oxygen atoms in total. The number of ether oxygens (including phenoxy) is 1. The maximum Gasteiger partial charge on any atom is 3.00 e. The van der Waals surface area contributed by atoms with Crippen molar-refractivity contribution in [2.45, 2.75) is 20.8 Å². The smallest absolute Gasteiger partial charge is 0.653 e. The molecule has 11 heavy (non-hydrogen) atoms. The van der Waals surface area contributed by atoms with Crippen molar-refractivity contribution in [3.63, 3.8) is 0 Å². The van der Waals surface area contributed by atoms with Crippen LogP contribution < -0.4 is 5.32 Å². The summed E-state index contributed by atoms with van der Waals surface area (Å²) in [6.07, 6.45) is 0. The number of carbonyl (C=O) groups excluding carboxylic acids is 1. The van der Waals surface area contributed by atoms with Gasteiger partial charge in [-0.15, -0.1) is 0 Å². The van der Waals surface area contributed by atoms with Gasteiger partial charge in [-0.25, -0.2) is 0 Å². The Morgan fingerprint density at radius 3 is 1.91 bits per heavy atom. The number of rotatable bonds is 3. The average molecular weight is 234 g/mol. The van der Waals surface area contributed by atoms with Gasteiger partial charge in [-0.05, 0) is 14.0 Å². The summed E-state index contributed by atoms with van der Waals surface area (Å²) in [6, 6.07) is 1.25. The molecule has 0 aliphatic carbocycles. The van der Waals surface area contributed by atoms with E-state index < -0.39 is 0 Å². The fourth-order valence-electron chi connectivity index (χ4n) is 0.0589. The molecule has 0 spiro atoms. The molecule has 0 radical (unpaired) electrons. The largest absolute Gasteiger partial charge is 3.00 e. The summed E-state index contributed by atoms with van der Waals surface area (Å²) in [5, 5.41) is 2.94. The van der Waals surface area contributed by atoms with Gasteiger partial charge in [-0.2, -0.15) is 13.8 Å². The molecular weight excluding hydrogens is 219 g/mol. The topological polar surface area (TPSA) is 38.3 Å². The third kappa shape index (κ3) is 37.3. The molecule has 0 aromatic rings. The summed E-state index contributed by atoms with van der Waals surface area (Å²) >= 11 is 0. The van der Waals surface area contributed by atoms with Gasteiger partial charge in [0.05, 0.1) is 0 Å². The van der Waals surface area contributed by atoms with Crippen LogP contribution in [0.5, 0.6) is 0 Å². The van der Waals surface area contributed by atoms with Crippen molar-refractivity contribution in [1.29, 1.82) is 0 Å². The minimum absolute atomic E-state index is 0. The molecule has 0 bridgehead atoms. The molecule has 0 fully saturated rings. The zero-order chi connectivity index (χ0) is 8.41. The predicted octanol–water partition coefficient (Wildman–Crippen LogP) is 0.865. The summed E-state index contributed by atoms with van der Waals surface area (Å²) in [7, 11) is 1.91. The van der Waals surface area contributed by atoms with Crippen LogP contribution in [0.2, 0.25) is 0 Å². The Morgan fingerprint density at radius 2 is 1.91 bits per heavy atom. The molecule has 0 saturated carbocycles. The Kier molecular flexibility index (Phi) is 26.9. The van der Waals surface area contributed by atoms with Gasteiger partial charge in [0.2, 0.25) is 0 Å². The molecule has 0 unspecified atom stereocenters. The van der Waals surface area contributed by atoms with Crippen LogP contribution in [0.4, 0.5) is 0 Å². The molecule has 0 aromatic heterocycles. The van der Waals surface area contributed by atoms with Crippen molar-refractivity contribution in [2.24, 2.45) is 0 Å². The van der Waals surface area contributed by atoms with Gasteiger partial charge >= 0.3 is 32.7 Å². The van der Waals surface area contributed by atoms with Crippen molar-refractivity contribution < 1.29 is 42.2 Å². The predicted molar refractivity (Wildman–Crippen MR) is 41.0 cm³/mol. The molecule has 1 N–H and O–H groups in total. The van der Waals surface area contributed by atoms with Crippen LogP contribution in [0.1, 0.15) is 20.8 Å². The van der Waals surface area contributed by atoms with E-state index in [1.54, 1.807) is 6.92 Å². The van der Waals surface area contributed by atoms with E-state index in [0.29, 0.717) is 6.61 Å². The van der Waals surface area contributed by atoms with Crippen molar-refractivity contribution in [3.05, 3.63) is 6.04 Å². The Morgan fingerprint density at radius 1 is 1.55 bits per heavy atom. The molecule has 0 saturated heterocycles. The standard InChI is InChI=1S/C4H10N.C3H5O2.Y/c1-4(2)5-3;1-2-5-3-4;/h5H,1-3H3;2H2,1H3;/q2*-1;+3. The molecule has 0 atom stereocenters. The van der Waals surface area contributed by atoms with Crippen molar-refractivity contribution >= 4 is 6.47 Å². The van der Waals surface area contributed by atoms with E-state index in [-0.39, 0.29) is 32.7 Å². The van der Waals surface area contributed by atoms with Crippen molar-refractivity contribution in [3.8, 4) is 0 Å². The van der Waals surface area contributed by atoms with Crippen LogP contribution in [-0.4, -0.2) is 20.1 Å². The van der Waals surface area contributed by atoms with Gasteiger partial charge in [0.25, 0.3) is 0 Å². The molecule has 0 amide bonds. The van der Waals surface area contributed by atoms with Crippen LogP contribution >= 0.6 is 0 Å². The van der Waals surface area contributed by atoms with E-state index in [1.807, 2.05) is 20.9 Å². The van der Waals surface area contributed by atoms with Crippen LogP contribution in [0, 0.1) is 6.04 Å². The summed E-state index contributed by atoms with van der Waals surface area (Å²) in [4.78, 5) is 9.06. The first-order chi connectivity index (χ1) is 4.68. The molecule has 0 aliphatic heterocycles. The Hall–Kier alpha value is 0.534. The summed E-state index contributed by atoms with van der Waals surface area (Å²) < 4.78 is 4.03. The Bertz CT molecular complexity index is 69.5. The van der Waals surface area contributed by atoms with Gasteiger partial charge < -0.3 is 14.8 Å². The van der Waals surface area contributed by atoms with Gasteiger partial charge in [0.15, 0.2) is 0 Å². The Labute approximate surface area is 94.1 Å². The van der Waals surface area contributed by atoms with E-state index in [9.17, 15) is 0 Å². The molecule has 0 aliphatic rings. The first-order valence-electron chi connectivity index (χ1n) is 3.15. The second-order valence-corrected chi connectivity index (χ2v) is 1.77. The van der Waals surface area contributed by atoms with Crippen LogP contribution in [0.3, 0.4) is 0 Å². The normalized spacial score (nSPS) is 7.36. The monoisotopic (exact) mass is 234 g/mol. The fraction of sp³-hybridized carbons (Fsp3) is 0.714. The third-order valence-corrected chi connectivity index (χ3v) is 0.703. The molecule has 0 heterocycles. The van der Waals surface area contributed by atoms with Gasteiger partial charge in [0.1, 0.15) is 0 Å². The zero-order valence-electron chi connectivity index (χ0n) is 7.60. The minimum atomic E-state index is 0. The maximum atomic E-state index is 9.06. The molecule has 0 rings (SSSR count). The van der Waals surface area contributed by atoms with Gasteiger partial charge in [-0.1, -0.05) is 6.47 Å². The van der Waals surface area contributed by atoms with E-state index in [0.717, 1.165) is 0 Å². The first-order valence-corrected chi connectivity index (χ1v) is 3.15. The second kappa shape index (κ2) is 16.9. The fourth-order valence-corrected chi connectivity index (χ4v) is 0.0589. The zero-order valence-corrected chi connectivity index (χ0v) is 10.4. The second-order valence-electron chi connectivity index (χ2n) is 1.77. The van der Waals surface area contributed by atoms with E-state index in [1.165, 1.54) is 12.5 Å². The van der Waals surface area contributed by atoms with Crippen LogP contribution in [-0.2, 0) is 42.2 Å². The van der Waals surface area contributed by atoms with Gasteiger partial charge in [-0.3, -0.25) is 6.04 Å². The molecular formula is C7H15NO2Y+. The van der Waals surface area contributed by atoms with Crippen molar-refractivity contribution in [2.75, 3.05) is 13.7 Å². The SMILES string of the molecule is CCO[C-]=O.CN[C-](C)C.[Y+3]. The molecule has 0 aromatic carbocycles.